The van der Waals surface area contributed by atoms with Gasteiger partial charge in [0.15, 0.2) is 0 Å². The van der Waals surface area contributed by atoms with Crippen molar-refractivity contribution in [3.05, 3.63) is 30.6 Å². The standard InChI is InChI=1S/C17H27N3O/c1-3-11-19-17(4-2,13-21)10-7-12-20-14-18-15-8-5-6-9-16(15)20/h5-6,8-9,14,19,21H,3-4,7,10-13H2,1-2H3. The van der Waals surface area contributed by atoms with Gasteiger partial charge < -0.3 is 15.0 Å². The summed E-state index contributed by atoms with van der Waals surface area (Å²) >= 11 is 0. The number of imidazole rings is 1. The van der Waals surface area contributed by atoms with Crippen LogP contribution in [-0.2, 0) is 6.54 Å². The number of benzene rings is 1. The highest BCUT2D eigenvalue weighted by Gasteiger charge is 2.25. The molecule has 0 aliphatic heterocycles. The number of aliphatic hydroxyl groups is 1. The van der Waals surface area contributed by atoms with E-state index >= 15 is 0 Å². The van der Waals surface area contributed by atoms with Gasteiger partial charge in [0, 0.05) is 12.1 Å². The molecule has 0 radical (unpaired) electrons. The number of nitrogens with one attached hydrogen (secondary N) is 1. The summed E-state index contributed by atoms with van der Waals surface area (Å²) in [6.45, 7) is 6.40. The second kappa shape index (κ2) is 7.57. The molecule has 0 fully saturated rings. The molecule has 2 aromatic rings. The molecule has 0 aliphatic rings. The van der Waals surface area contributed by atoms with Crippen molar-refractivity contribution in [1.29, 1.82) is 0 Å². The number of rotatable bonds is 9. The lowest BCUT2D eigenvalue weighted by Crippen LogP contribution is -2.48. The number of aryl methyl sites for hydroxylation is 1. The largest absolute Gasteiger partial charge is 0.394 e. The molecule has 2 N–H and O–H groups in total. The summed E-state index contributed by atoms with van der Waals surface area (Å²) in [5.74, 6) is 0. The van der Waals surface area contributed by atoms with Crippen LogP contribution in [0.25, 0.3) is 11.0 Å². The van der Waals surface area contributed by atoms with Gasteiger partial charge in [-0.15, -0.1) is 0 Å². The van der Waals surface area contributed by atoms with E-state index in [2.05, 4.69) is 34.8 Å². The summed E-state index contributed by atoms with van der Waals surface area (Å²) in [7, 11) is 0. The molecule has 4 heteroatoms. The first kappa shape index (κ1) is 16.0. The van der Waals surface area contributed by atoms with Crippen LogP contribution in [0.2, 0.25) is 0 Å². The second-order valence-electron chi connectivity index (χ2n) is 5.75. The van der Waals surface area contributed by atoms with Gasteiger partial charge in [0.2, 0.25) is 0 Å². The molecule has 4 nitrogen and oxygen atoms in total. The van der Waals surface area contributed by atoms with Gasteiger partial charge in [-0.1, -0.05) is 26.0 Å². The second-order valence-corrected chi connectivity index (χ2v) is 5.75. The summed E-state index contributed by atoms with van der Waals surface area (Å²) in [5.41, 5.74) is 2.10. The average Bonchev–Trinajstić information content (AvgIpc) is 2.94. The Kier molecular flexibility index (Phi) is 5.76. The van der Waals surface area contributed by atoms with Gasteiger partial charge in [0.05, 0.1) is 24.0 Å². The normalized spacial score (nSPS) is 14.4. The van der Waals surface area contributed by atoms with E-state index < -0.39 is 0 Å². The summed E-state index contributed by atoms with van der Waals surface area (Å²) in [6, 6.07) is 8.21. The van der Waals surface area contributed by atoms with Gasteiger partial charge in [-0.25, -0.2) is 4.98 Å². The molecule has 2 rings (SSSR count). The van der Waals surface area contributed by atoms with Gasteiger partial charge in [0.1, 0.15) is 0 Å². The van der Waals surface area contributed by atoms with Crippen molar-refractivity contribution < 1.29 is 5.11 Å². The molecule has 0 saturated carbocycles. The van der Waals surface area contributed by atoms with Crippen LogP contribution in [0.15, 0.2) is 30.6 Å². The summed E-state index contributed by atoms with van der Waals surface area (Å²) < 4.78 is 2.20. The lowest BCUT2D eigenvalue weighted by Gasteiger charge is -2.32. The van der Waals surface area contributed by atoms with Crippen LogP contribution in [0.5, 0.6) is 0 Å². The van der Waals surface area contributed by atoms with Gasteiger partial charge in [-0.2, -0.15) is 0 Å². The Balaban J connectivity index is 1.95. The van der Waals surface area contributed by atoms with Gasteiger partial charge in [0.25, 0.3) is 0 Å². The Hall–Kier alpha value is -1.39. The maximum atomic E-state index is 9.75. The van der Waals surface area contributed by atoms with Gasteiger partial charge in [-0.3, -0.25) is 0 Å². The van der Waals surface area contributed by atoms with Crippen LogP contribution in [-0.4, -0.2) is 33.3 Å². The zero-order chi connectivity index (χ0) is 15.1. The lowest BCUT2D eigenvalue weighted by atomic mass is 9.91. The Morgan fingerprint density at radius 2 is 2.10 bits per heavy atom. The quantitative estimate of drug-likeness (QED) is 0.746. The van der Waals surface area contributed by atoms with Gasteiger partial charge in [-0.05, 0) is 44.4 Å². The molecule has 1 unspecified atom stereocenters. The maximum absolute atomic E-state index is 9.75. The van der Waals surface area contributed by atoms with E-state index in [4.69, 9.17) is 0 Å². The third kappa shape index (κ3) is 3.83. The Morgan fingerprint density at radius 1 is 1.29 bits per heavy atom. The molecule has 21 heavy (non-hydrogen) atoms. The highest BCUT2D eigenvalue weighted by molar-refractivity contribution is 5.74. The minimum absolute atomic E-state index is 0.133. The number of para-hydroxylation sites is 2. The first-order valence-corrected chi connectivity index (χ1v) is 8.00. The fraction of sp³-hybridized carbons (Fsp3) is 0.588. The number of aromatic nitrogens is 2. The van der Waals surface area contributed by atoms with E-state index in [0.717, 1.165) is 44.3 Å². The SMILES string of the molecule is CCCNC(CC)(CO)CCCn1cnc2ccccc21. The molecule has 1 heterocycles. The minimum Gasteiger partial charge on any atom is -0.394 e. The van der Waals surface area contributed by atoms with Gasteiger partial charge >= 0.3 is 0 Å². The molecule has 1 atom stereocenters. The third-order valence-corrected chi connectivity index (χ3v) is 4.31. The molecule has 0 aliphatic carbocycles. The lowest BCUT2D eigenvalue weighted by molar-refractivity contribution is 0.143. The van der Waals surface area contributed by atoms with Crippen molar-refractivity contribution in [2.75, 3.05) is 13.2 Å². The monoisotopic (exact) mass is 289 g/mol. The molecule has 116 valence electrons. The zero-order valence-electron chi connectivity index (χ0n) is 13.2. The third-order valence-electron chi connectivity index (χ3n) is 4.31. The maximum Gasteiger partial charge on any atom is 0.0958 e. The van der Waals surface area contributed by atoms with Crippen LogP contribution >= 0.6 is 0 Å². The van der Waals surface area contributed by atoms with E-state index in [1.807, 2.05) is 24.5 Å². The number of nitrogens with zero attached hydrogens (tertiary/aromatic N) is 2. The highest BCUT2D eigenvalue weighted by atomic mass is 16.3. The average molecular weight is 289 g/mol. The number of hydrogen-bond acceptors (Lipinski definition) is 3. The zero-order valence-corrected chi connectivity index (χ0v) is 13.2. The van der Waals surface area contributed by atoms with E-state index in [9.17, 15) is 5.11 Å². The van der Waals surface area contributed by atoms with Crippen LogP contribution in [0.3, 0.4) is 0 Å². The van der Waals surface area contributed by atoms with Crippen molar-refractivity contribution in [2.45, 2.75) is 51.6 Å². The summed E-state index contributed by atoms with van der Waals surface area (Å²) in [4.78, 5) is 4.42. The van der Waals surface area contributed by atoms with E-state index in [0.29, 0.717) is 0 Å². The molecule has 0 saturated heterocycles. The van der Waals surface area contributed by atoms with Crippen molar-refractivity contribution in [2.24, 2.45) is 0 Å². The van der Waals surface area contributed by atoms with Crippen LogP contribution < -0.4 is 5.32 Å². The van der Waals surface area contributed by atoms with E-state index in [1.54, 1.807) is 0 Å². The molecule has 1 aromatic carbocycles. The molecule has 0 amide bonds. The summed E-state index contributed by atoms with van der Waals surface area (Å²) in [5, 5.41) is 13.3. The van der Waals surface area contributed by atoms with Crippen molar-refractivity contribution in [3.8, 4) is 0 Å². The Morgan fingerprint density at radius 3 is 2.81 bits per heavy atom. The molecule has 1 aromatic heterocycles. The van der Waals surface area contributed by atoms with Crippen LogP contribution in [0.4, 0.5) is 0 Å². The molecular weight excluding hydrogens is 262 g/mol. The number of hydrogen-bond donors (Lipinski definition) is 2. The number of aliphatic hydroxyl groups excluding tert-OH is 1. The van der Waals surface area contributed by atoms with Crippen molar-refractivity contribution in [1.82, 2.24) is 14.9 Å². The fourth-order valence-corrected chi connectivity index (χ4v) is 2.80. The minimum atomic E-state index is -0.133. The smallest absolute Gasteiger partial charge is 0.0958 e. The fourth-order valence-electron chi connectivity index (χ4n) is 2.80. The first-order valence-electron chi connectivity index (χ1n) is 8.00. The Bertz CT molecular complexity index is 546. The first-order chi connectivity index (χ1) is 10.2. The Labute approximate surface area is 127 Å². The predicted molar refractivity (Wildman–Crippen MR) is 87.4 cm³/mol. The highest BCUT2D eigenvalue weighted by Crippen LogP contribution is 2.19. The molecular formula is C17H27N3O. The summed E-state index contributed by atoms with van der Waals surface area (Å²) in [6.07, 6.45) is 5.97. The predicted octanol–water partition coefficient (Wildman–Crippen LogP) is 2.96. The van der Waals surface area contributed by atoms with E-state index in [-0.39, 0.29) is 12.1 Å². The molecule has 0 bridgehead atoms. The van der Waals surface area contributed by atoms with Crippen LogP contribution in [0, 0.1) is 0 Å². The van der Waals surface area contributed by atoms with E-state index in [1.165, 1.54) is 5.52 Å². The topological polar surface area (TPSA) is 50.1 Å². The molecule has 0 spiro atoms. The van der Waals surface area contributed by atoms with Crippen molar-refractivity contribution >= 4 is 11.0 Å². The number of fused-ring (bicyclic) bond motifs is 1. The van der Waals surface area contributed by atoms with Crippen LogP contribution in [0.1, 0.15) is 39.5 Å². The van der Waals surface area contributed by atoms with Crippen molar-refractivity contribution in [3.63, 3.8) is 0 Å².